The summed E-state index contributed by atoms with van der Waals surface area (Å²) in [6, 6.07) is 6.49. The van der Waals surface area contributed by atoms with Crippen LogP contribution in [-0.2, 0) is 14.4 Å². The number of carbonyl (C=O) groups is 3. The molecule has 1 atom stereocenters. The molecule has 0 spiro atoms. The number of hydrogen-bond acceptors (Lipinski definition) is 6. The van der Waals surface area contributed by atoms with E-state index in [2.05, 4.69) is 25.7 Å². The van der Waals surface area contributed by atoms with Crippen LogP contribution < -0.4 is 10.6 Å². The Labute approximate surface area is 209 Å². The average molecular weight is 497 g/mol. The molecule has 0 radical (unpaired) electrons. The number of imide groups is 1. The van der Waals surface area contributed by atoms with Gasteiger partial charge in [-0.1, -0.05) is 6.07 Å². The Kier molecular flexibility index (Phi) is 7.31. The normalized spacial score (nSPS) is 22.5. The Hall–Kier alpha value is -3.27. The molecule has 3 aliphatic heterocycles. The molecule has 0 aliphatic carbocycles. The minimum atomic E-state index is -0.537. The molecule has 1 aromatic heterocycles. The van der Waals surface area contributed by atoms with Gasteiger partial charge >= 0.3 is 0 Å². The number of aromatic nitrogens is 2. The van der Waals surface area contributed by atoms with Gasteiger partial charge < -0.3 is 10.2 Å². The SMILES string of the molecule is O=C1CCC(Nc2ccc(C3CCN(CC(=O)N4CCC(c5cc[nH]n5)CC4)CC3)c(F)c2)C(=O)N1. The lowest BCUT2D eigenvalue weighted by Crippen LogP contribution is -2.47. The molecule has 0 bridgehead atoms. The van der Waals surface area contributed by atoms with Crippen LogP contribution >= 0.6 is 0 Å². The number of nitrogens with one attached hydrogen (secondary N) is 3. The molecule has 9 nitrogen and oxygen atoms in total. The highest BCUT2D eigenvalue weighted by Gasteiger charge is 2.29. The zero-order valence-corrected chi connectivity index (χ0v) is 20.3. The maximum Gasteiger partial charge on any atom is 0.249 e. The van der Waals surface area contributed by atoms with Crippen molar-refractivity contribution in [2.24, 2.45) is 0 Å². The van der Waals surface area contributed by atoms with Crippen LogP contribution in [0.25, 0.3) is 0 Å². The van der Waals surface area contributed by atoms with E-state index >= 15 is 0 Å². The van der Waals surface area contributed by atoms with E-state index in [4.69, 9.17) is 0 Å². The molecule has 36 heavy (non-hydrogen) atoms. The molecule has 0 saturated carbocycles. The summed E-state index contributed by atoms with van der Waals surface area (Å²) in [6.07, 6.45) is 5.98. The molecule has 1 unspecified atom stereocenters. The van der Waals surface area contributed by atoms with Crippen LogP contribution in [-0.4, -0.2) is 76.5 Å². The predicted octanol–water partition coefficient (Wildman–Crippen LogP) is 2.35. The highest BCUT2D eigenvalue weighted by molar-refractivity contribution is 6.01. The van der Waals surface area contributed by atoms with Gasteiger partial charge in [-0.3, -0.25) is 29.7 Å². The number of amides is 3. The van der Waals surface area contributed by atoms with Crippen LogP contribution in [0.1, 0.15) is 61.6 Å². The number of rotatable bonds is 6. The van der Waals surface area contributed by atoms with Crippen molar-refractivity contribution in [3.05, 3.63) is 47.5 Å². The fourth-order valence-corrected chi connectivity index (χ4v) is 5.60. The lowest BCUT2D eigenvalue weighted by atomic mass is 9.88. The van der Waals surface area contributed by atoms with Crippen LogP contribution in [0.4, 0.5) is 10.1 Å². The zero-order chi connectivity index (χ0) is 25.1. The van der Waals surface area contributed by atoms with Crippen molar-refractivity contribution < 1.29 is 18.8 Å². The van der Waals surface area contributed by atoms with Crippen molar-refractivity contribution in [3.63, 3.8) is 0 Å². The highest BCUT2D eigenvalue weighted by atomic mass is 19.1. The molecular weight excluding hydrogens is 463 g/mol. The zero-order valence-electron chi connectivity index (χ0n) is 20.3. The third kappa shape index (κ3) is 5.59. The van der Waals surface area contributed by atoms with E-state index in [1.165, 1.54) is 6.07 Å². The Balaban J connectivity index is 1.08. The van der Waals surface area contributed by atoms with E-state index < -0.39 is 6.04 Å². The fourth-order valence-electron chi connectivity index (χ4n) is 5.60. The van der Waals surface area contributed by atoms with Crippen LogP contribution in [0.3, 0.4) is 0 Å². The van der Waals surface area contributed by atoms with Crippen LogP contribution in [0.5, 0.6) is 0 Å². The molecule has 5 rings (SSSR count). The van der Waals surface area contributed by atoms with Crippen LogP contribution in [0.2, 0.25) is 0 Å². The molecule has 2 aromatic rings. The number of halogens is 1. The topological polar surface area (TPSA) is 110 Å². The van der Waals surface area contributed by atoms with Crippen LogP contribution in [0.15, 0.2) is 30.5 Å². The predicted molar refractivity (Wildman–Crippen MR) is 132 cm³/mol. The van der Waals surface area contributed by atoms with E-state index in [-0.39, 0.29) is 35.9 Å². The van der Waals surface area contributed by atoms with Crippen molar-refractivity contribution in [1.82, 2.24) is 25.3 Å². The summed E-state index contributed by atoms with van der Waals surface area (Å²) >= 11 is 0. The quantitative estimate of drug-likeness (QED) is 0.530. The third-order valence-corrected chi connectivity index (χ3v) is 7.76. The summed E-state index contributed by atoms with van der Waals surface area (Å²) in [7, 11) is 0. The molecule has 3 fully saturated rings. The summed E-state index contributed by atoms with van der Waals surface area (Å²) in [6.45, 7) is 3.46. The maximum atomic E-state index is 15.0. The fraction of sp³-hybridized carbons (Fsp3) is 0.538. The van der Waals surface area contributed by atoms with Crippen molar-refractivity contribution in [2.75, 3.05) is 38.0 Å². The van der Waals surface area contributed by atoms with Gasteiger partial charge in [0.05, 0.1) is 12.2 Å². The lowest BCUT2D eigenvalue weighted by molar-refractivity contribution is -0.134. The molecular formula is C26H33FN6O3. The summed E-state index contributed by atoms with van der Waals surface area (Å²) < 4.78 is 15.0. The first-order valence-electron chi connectivity index (χ1n) is 12.9. The number of carbonyl (C=O) groups excluding carboxylic acids is 3. The third-order valence-electron chi connectivity index (χ3n) is 7.76. The Morgan fingerprint density at radius 1 is 1.03 bits per heavy atom. The van der Waals surface area contributed by atoms with Gasteiger partial charge in [-0.15, -0.1) is 0 Å². The Bertz CT molecular complexity index is 1090. The first-order chi connectivity index (χ1) is 17.5. The van der Waals surface area contributed by atoms with Gasteiger partial charge in [0.15, 0.2) is 0 Å². The summed E-state index contributed by atoms with van der Waals surface area (Å²) in [4.78, 5) is 40.3. The van der Waals surface area contributed by atoms with Gasteiger partial charge in [0.25, 0.3) is 0 Å². The number of nitrogens with zero attached hydrogens (tertiary/aromatic N) is 3. The van der Waals surface area contributed by atoms with E-state index in [1.807, 2.05) is 17.2 Å². The summed E-state index contributed by atoms with van der Waals surface area (Å²) in [5, 5.41) is 12.5. The van der Waals surface area contributed by atoms with Gasteiger partial charge in [0.2, 0.25) is 17.7 Å². The maximum absolute atomic E-state index is 15.0. The lowest BCUT2D eigenvalue weighted by Gasteiger charge is -2.35. The molecule has 3 amide bonds. The van der Waals surface area contributed by atoms with Crippen molar-refractivity contribution >= 4 is 23.4 Å². The molecule has 192 valence electrons. The number of anilines is 1. The van der Waals surface area contributed by atoms with Gasteiger partial charge in [0.1, 0.15) is 11.9 Å². The van der Waals surface area contributed by atoms with Gasteiger partial charge in [-0.2, -0.15) is 5.10 Å². The van der Waals surface area contributed by atoms with Crippen LogP contribution in [0, 0.1) is 5.82 Å². The standard InChI is InChI=1S/C26H33FN6O3/c27-21-15-19(29-23-3-4-24(34)30-26(23)36)1-2-20(21)17-6-11-32(12-7-17)16-25(35)33-13-8-18(9-14-33)22-5-10-28-31-22/h1-2,5,10,15,17-18,23,29H,3-4,6-9,11-14,16H2,(H,28,31)(H,30,34,36). The second-order valence-corrected chi connectivity index (χ2v) is 10.1. The van der Waals surface area contributed by atoms with Gasteiger partial charge in [-0.05, 0) is 74.9 Å². The number of aromatic amines is 1. The smallest absolute Gasteiger partial charge is 0.249 e. The average Bonchev–Trinajstić information content (AvgIpc) is 3.42. The largest absolute Gasteiger partial charge is 0.374 e. The van der Waals surface area contributed by atoms with Gasteiger partial charge in [-0.25, -0.2) is 4.39 Å². The van der Waals surface area contributed by atoms with E-state index in [0.29, 0.717) is 30.1 Å². The van der Waals surface area contributed by atoms with Crippen molar-refractivity contribution in [2.45, 2.75) is 56.4 Å². The monoisotopic (exact) mass is 496 g/mol. The molecule has 1 aromatic carbocycles. The second-order valence-electron chi connectivity index (χ2n) is 10.1. The van der Waals surface area contributed by atoms with E-state index in [0.717, 1.165) is 57.6 Å². The first kappa shape index (κ1) is 24.4. The highest BCUT2D eigenvalue weighted by Crippen LogP contribution is 2.32. The molecule has 3 N–H and O–H groups in total. The minimum Gasteiger partial charge on any atom is -0.374 e. The van der Waals surface area contributed by atoms with Crippen molar-refractivity contribution in [3.8, 4) is 0 Å². The number of hydrogen-bond donors (Lipinski definition) is 3. The molecule has 3 aliphatic rings. The van der Waals surface area contributed by atoms with Gasteiger partial charge in [0, 0.05) is 37.3 Å². The Morgan fingerprint density at radius 3 is 2.44 bits per heavy atom. The second kappa shape index (κ2) is 10.8. The first-order valence-corrected chi connectivity index (χ1v) is 12.9. The minimum absolute atomic E-state index is 0.102. The summed E-state index contributed by atoms with van der Waals surface area (Å²) in [5.41, 5.74) is 2.29. The number of benzene rings is 1. The molecule has 3 saturated heterocycles. The number of H-pyrrole nitrogens is 1. The van der Waals surface area contributed by atoms with E-state index in [9.17, 15) is 18.8 Å². The molecule has 4 heterocycles. The number of likely N-dealkylation sites (tertiary alicyclic amines) is 2. The summed E-state index contributed by atoms with van der Waals surface area (Å²) in [5.74, 6) is -0.255. The molecule has 10 heteroatoms. The van der Waals surface area contributed by atoms with E-state index in [1.54, 1.807) is 12.1 Å². The number of piperidine rings is 3. The van der Waals surface area contributed by atoms with Crippen molar-refractivity contribution in [1.29, 1.82) is 0 Å². The Morgan fingerprint density at radius 2 is 1.78 bits per heavy atom.